The highest BCUT2D eigenvalue weighted by molar-refractivity contribution is 7.88. The molecule has 1 saturated carbocycles. The lowest BCUT2D eigenvalue weighted by molar-refractivity contribution is -0.127. The molecule has 6 heteroatoms. The third-order valence-electron chi connectivity index (χ3n) is 4.29. The van der Waals surface area contributed by atoms with Gasteiger partial charge in [-0.05, 0) is 24.7 Å². The predicted octanol–water partition coefficient (Wildman–Crippen LogP) is 0.184. The van der Waals surface area contributed by atoms with Gasteiger partial charge in [-0.15, -0.1) is 0 Å². The second-order valence-electron chi connectivity index (χ2n) is 5.27. The number of nitrogens with one attached hydrogen (secondary N) is 1. The monoisotopic (exact) mass is 260 g/mol. The first-order chi connectivity index (χ1) is 7.89. The lowest BCUT2D eigenvalue weighted by Gasteiger charge is -2.29. The normalized spacial score (nSPS) is 34.4. The van der Waals surface area contributed by atoms with Gasteiger partial charge in [0.15, 0.2) is 0 Å². The van der Waals surface area contributed by atoms with Crippen LogP contribution in [0.5, 0.6) is 0 Å². The van der Waals surface area contributed by atoms with Crippen LogP contribution in [0.1, 0.15) is 25.7 Å². The summed E-state index contributed by atoms with van der Waals surface area (Å²) in [6, 6.07) is 0. The van der Waals surface area contributed by atoms with Crippen molar-refractivity contribution >= 4 is 15.9 Å². The Morgan fingerprint density at radius 1 is 1.41 bits per heavy atom. The van der Waals surface area contributed by atoms with Gasteiger partial charge in [-0.25, -0.2) is 12.7 Å². The van der Waals surface area contributed by atoms with Gasteiger partial charge in [0.2, 0.25) is 15.9 Å². The van der Waals surface area contributed by atoms with Crippen molar-refractivity contribution in [3.63, 3.8) is 0 Å². The Morgan fingerprint density at radius 2 is 2.12 bits per heavy atom. The van der Waals surface area contributed by atoms with E-state index in [9.17, 15) is 13.2 Å². The van der Waals surface area contributed by atoms with Crippen LogP contribution >= 0.6 is 0 Å². The van der Waals surface area contributed by atoms with Crippen molar-refractivity contribution in [1.82, 2.24) is 9.62 Å². The molecule has 0 radical (unpaired) electrons. The molecule has 0 aromatic heterocycles. The van der Waals surface area contributed by atoms with Crippen LogP contribution in [-0.2, 0) is 14.8 Å². The second kappa shape index (κ2) is 4.24. The van der Waals surface area contributed by atoms with E-state index in [-0.39, 0.29) is 17.2 Å². The van der Waals surface area contributed by atoms with Crippen molar-refractivity contribution < 1.29 is 13.2 Å². The summed E-state index contributed by atoms with van der Waals surface area (Å²) < 4.78 is 24.6. The van der Waals surface area contributed by atoms with E-state index >= 15 is 0 Å². The maximum atomic E-state index is 11.9. The van der Waals surface area contributed by atoms with Gasteiger partial charge in [0.1, 0.15) is 0 Å². The molecule has 1 aliphatic heterocycles. The van der Waals surface area contributed by atoms with Crippen LogP contribution in [0.15, 0.2) is 0 Å². The zero-order chi connectivity index (χ0) is 12.7. The fourth-order valence-electron chi connectivity index (χ4n) is 3.35. The van der Waals surface area contributed by atoms with Gasteiger partial charge in [-0.2, -0.15) is 0 Å². The summed E-state index contributed by atoms with van der Waals surface area (Å²) in [5.41, 5.74) is -0.108. The fourth-order valence-corrected chi connectivity index (χ4v) is 4.26. The largest absolute Gasteiger partial charge is 0.359 e. The Balaban J connectivity index is 2.18. The molecule has 5 nitrogen and oxygen atoms in total. The average molecular weight is 260 g/mol. The number of amides is 1. The number of rotatable bonds is 2. The lowest BCUT2D eigenvalue weighted by Crippen LogP contribution is -2.40. The minimum absolute atomic E-state index is 0.0146. The highest BCUT2D eigenvalue weighted by atomic mass is 32.2. The van der Waals surface area contributed by atoms with Gasteiger partial charge in [0.25, 0.3) is 0 Å². The Hall–Kier alpha value is -0.620. The first kappa shape index (κ1) is 12.8. The summed E-state index contributed by atoms with van der Waals surface area (Å²) in [6.07, 6.45) is 4.94. The van der Waals surface area contributed by atoms with Gasteiger partial charge in [-0.3, -0.25) is 4.79 Å². The molecule has 2 atom stereocenters. The van der Waals surface area contributed by atoms with Crippen molar-refractivity contribution in [2.24, 2.45) is 11.3 Å². The highest BCUT2D eigenvalue weighted by Gasteiger charge is 2.51. The van der Waals surface area contributed by atoms with Gasteiger partial charge in [-0.1, -0.05) is 6.42 Å². The minimum atomic E-state index is -3.12. The molecular weight excluding hydrogens is 240 g/mol. The third kappa shape index (κ3) is 2.20. The SMILES string of the molecule is CNC(=O)[C@@H]1CCC[C@@]12CCN(S(C)(=O)=O)C2. The zero-order valence-electron chi connectivity index (χ0n) is 10.4. The number of carbonyl (C=O) groups is 1. The molecule has 98 valence electrons. The minimum Gasteiger partial charge on any atom is -0.359 e. The number of carbonyl (C=O) groups excluding carboxylic acids is 1. The Kier molecular flexibility index (Phi) is 3.20. The van der Waals surface area contributed by atoms with Crippen molar-refractivity contribution in [3.8, 4) is 0 Å². The van der Waals surface area contributed by atoms with Crippen LogP contribution < -0.4 is 5.32 Å². The summed E-state index contributed by atoms with van der Waals surface area (Å²) in [5, 5.41) is 2.70. The highest BCUT2D eigenvalue weighted by Crippen LogP contribution is 2.50. The molecular formula is C11H20N2O3S. The summed E-state index contributed by atoms with van der Waals surface area (Å²) >= 11 is 0. The molecule has 1 saturated heterocycles. The first-order valence-electron chi connectivity index (χ1n) is 6.06. The Morgan fingerprint density at radius 3 is 2.65 bits per heavy atom. The van der Waals surface area contributed by atoms with Crippen LogP contribution in [0.2, 0.25) is 0 Å². The van der Waals surface area contributed by atoms with Gasteiger partial charge in [0.05, 0.1) is 6.26 Å². The van der Waals surface area contributed by atoms with Gasteiger partial charge >= 0.3 is 0 Å². The van der Waals surface area contributed by atoms with E-state index in [0.29, 0.717) is 13.1 Å². The molecule has 0 bridgehead atoms. The standard InChI is InChI=1S/C11H20N2O3S/c1-12-10(14)9-4-3-5-11(9)6-7-13(8-11)17(2,15)16/h9H,3-8H2,1-2H3,(H,12,14)/t9-,11-/m0/s1. The summed E-state index contributed by atoms with van der Waals surface area (Å²) in [4.78, 5) is 11.9. The van der Waals surface area contributed by atoms with Crippen LogP contribution in [0.25, 0.3) is 0 Å². The average Bonchev–Trinajstić information content (AvgIpc) is 2.85. The molecule has 1 aliphatic carbocycles. The van der Waals surface area contributed by atoms with Crippen LogP contribution in [-0.4, -0.2) is 45.0 Å². The molecule has 1 amide bonds. The molecule has 2 aliphatic rings. The van der Waals surface area contributed by atoms with Crippen molar-refractivity contribution in [2.45, 2.75) is 25.7 Å². The smallest absolute Gasteiger partial charge is 0.223 e. The Labute approximate surface area is 103 Å². The Bertz CT molecular complexity index is 420. The quantitative estimate of drug-likeness (QED) is 0.770. The van der Waals surface area contributed by atoms with E-state index in [1.165, 1.54) is 10.6 Å². The molecule has 0 aromatic rings. The summed E-state index contributed by atoms with van der Waals surface area (Å²) in [7, 11) is -1.47. The molecule has 0 aromatic carbocycles. The zero-order valence-corrected chi connectivity index (χ0v) is 11.2. The van der Waals surface area contributed by atoms with E-state index in [2.05, 4.69) is 5.32 Å². The fraction of sp³-hybridized carbons (Fsp3) is 0.909. The number of hydrogen-bond acceptors (Lipinski definition) is 3. The van der Waals surface area contributed by atoms with Crippen molar-refractivity contribution in [2.75, 3.05) is 26.4 Å². The van der Waals surface area contributed by atoms with E-state index < -0.39 is 10.0 Å². The first-order valence-corrected chi connectivity index (χ1v) is 7.91. The molecule has 2 fully saturated rings. The van der Waals surface area contributed by atoms with Gasteiger partial charge in [0, 0.05) is 26.1 Å². The maximum Gasteiger partial charge on any atom is 0.223 e. The van der Waals surface area contributed by atoms with Gasteiger partial charge < -0.3 is 5.32 Å². The van der Waals surface area contributed by atoms with Crippen LogP contribution in [0.3, 0.4) is 0 Å². The van der Waals surface area contributed by atoms with Crippen LogP contribution in [0.4, 0.5) is 0 Å². The maximum absolute atomic E-state index is 11.9. The number of hydrogen-bond donors (Lipinski definition) is 1. The van der Waals surface area contributed by atoms with Crippen molar-refractivity contribution in [3.05, 3.63) is 0 Å². The summed E-state index contributed by atoms with van der Waals surface area (Å²) in [6.45, 7) is 1.08. The number of nitrogens with zero attached hydrogens (tertiary/aromatic N) is 1. The van der Waals surface area contributed by atoms with E-state index in [1.54, 1.807) is 7.05 Å². The van der Waals surface area contributed by atoms with E-state index in [1.807, 2.05) is 0 Å². The second-order valence-corrected chi connectivity index (χ2v) is 7.25. The third-order valence-corrected chi connectivity index (χ3v) is 5.54. The predicted molar refractivity (Wildman–Crippen MR) is 64.9 cm³/mol. The molecule has 2 rings (SSSR count). The molecule has 17 heavy (non-hydrogen) atoms. The van der Waals surface area contributed by atoms with E-state index in [0.717, 1.165) is 25.7 Å². The number of sulfonamides is 1. The molecule has 1 heterocycles. The lowest BCUT2D eigenvalue weighted by atomic mass is 9.76. The van der Waals surface area contributed by atoms with Crippen molar-refractivity contribution in [1.29, 1.82) is 0 Å². The molecule has 0 unspecified atom stereocenters. The topological polar surface area (TPSA) is 66.5 Å². The van der Waals surface area contributed by atoms with E-state index in [4.69, 9.17) is 0 Å². The van der Waals surface area contributed by atoms with Crippen LogP contribution in [0, 0.1) is 11.3 Å². The summed E-state index contributed by atoms with van der Waals surface area (Å²) in [5.74, 6) is 0.0529. The molecule has 1 N–H and O–H groups in total. The molecule has 1 spiro atoms.